The quantitative estimate of drug-likeness (QED) is 0.599. The molecule has 0 fully saturated rings. The highest BCUT2D eigenvalue weighted by Gasteiger charge is 2.23. The van der Waals surface area contributed by atoms with E-state index >= 15 is 0 Å². The Morgan fingerprint density at radius 2 is 2.18 bits per heavy atom. The molecular formula is C11H10N2O4. The maximum Gasteiger partial charge on any atom is 0.328 e. The Morgan fingerprint density at radius 1 is 1.47 bits per heavy atom. The predicted octanol–water partition coefficient (Wildman–Crippen LogP) is 0.731. The van der Waals surface area contributed by atoms with Crippen molar-refractivity contribution in [3.05, 3.63) is 29.7 Å². The molecule has 1 atom stereocenters. The molecule has 1 heterocycles. The lowest BCUT2D eigenvalue weighted by molar-refractivity contribution is -0.137. The molecular weight excluding hydrogens is 224 g/mol. The highest BCUT2D eigenvalue weighted by Crippen LogP contribution is 2.17. The first-order chi connectivity index (χ1) is 7.99. The summed E-state index contributed by atoms with van der Waals surface area (Å²) in [6.45, 7) is 1.68. The Bertz CT molecular complexity index is 603. The average molecular weight is 234 g/mol. The van der Waals surface area contributed by atoms with Gasteiger partial charge in [0.05, 0.1) is 0 Å². The number of ketones is 1. The number of aromatic nitrogens is 1. The van der Waals surface area contributed by atoms with Crippen LogP contribution in [0.3, 0.4) is 0 Å². The SMILES string of the molecule is Cc1nc2cc(C(=O)C(N)C(=O)O)ccc2o1. The van der Waals surface area contributed by atoms with E-state index in [-0.39, 0.29) is 5.56 Å². The van der Waals surface area contributed by atoms with Crippen LogP contribution in [0.1, 0.15) is 16.2 Å². The Morgan fingerprint density at radius 3 is 2.82 bits per heavy atom. The van der Waals surface area contributed by atoms with Crippen LogP contribution in [-0.2, 0) is 4.79 Å². The summed E-state index contributed by atoms with van der Waals surface area (Å²) < 4.78 is 5.24. The monoisotopic (exact) mass is 234 g/mol. The molecule has 3 N–H and O–H groups in total. The van der Waals surface area contributed by atoms with Crippen LogP contribution in [0, 0.1) is 6.92 Å². The molecule has 0 radical (unpaired) electrons. The van der Waals surface area contributed by atoms with Crippen LogP contribution in [-0.4, -0.2) is 27.9 Å². The summed E-state index contributed by atoms with van der Waals surface area (Å²) in [6.07, 6.45) is 0. The minimum Gasteiger partial charge on any atom is -0.480 e. The molecule has 0 saturated carbocycles. The smallest absolute Gasteiger partial charge is 0.328 e. The van der Waals surface area contributed by atoms with Gasteiger partial charge in [0.2, 0.25) is 0 Å². The van der Waals surface area contributed by atoms with Gasteiger partial charge in [0.15, 0.2) is 23.3 Å². The van der Waals surface area contributed by atoms with Crippen molar-refractivity contribution < 1.29 is 19.1 Å². The van der Waals surface area contributed by atoms with Gasteiger partial charge in [0.25, 0.3) is 0 Å². The van der Waals surface area contributed by atoms with E-state index < -0.39 is 17.8 Å². The fraction of sp³-hybridized carbons (Fsp3) is 0.182. The molecule has 0 spiro atoms. The third-order valence-electron chi connectivity index (χ3n) is 2.33. The zero-order valence-corrected chi connectivity index (χ0v) is 9.01. The predicted molar refractivity (Wildman–Crippen MR) is 58.7 cm³/mol. The molecule has 0 saturated heterocycles. The van der Waals surface area contributed by atoms with Crippen molar-refractivity contribution in [2.45, 2.75) is 13.0 Å². The number of carbonyl (C=O) groups excluding carboxylic acids is 1. The third kappa shape index (κ3) is 2.02. The normalized spacial score (nSPS) is 12.6. The number of nitrogens with two attached hydrogens (primary N) is 1. The van der Waals surface area contributed by atoms with Crippen LogP contribution in [0.15, 0.2) is 22.6 Å². The van der Waals surface area contributed by atoms with Crippen molar-refractivity contribution in [2.24, 2.45) is 5.73 Å². The van der Waals surface area contributed by atoms with Crippen LogP contribution in [0.5, 0.6) is 0 Å². The number of nitrogens with zero attached hydrogens (tertiary/aromatic N) is 1. The molecule has 6 heteroatoms. The van der Waals surface area contributed by atoms with Crippen LogP contribution in [0.2, 0.25) is 0 Å². The van der Waals surface area contributed by atoms with Crippen molar-refractivity contribution >= 4 is 22.9 Å². The number of benzene rings is 1. The molecule has 2 aromatic rings. The zero-order chi connectivity index (χ0) is 12.6. The van der Waals surface area contributed by atoms with Crippen molar-refractivity contribution in [3.63, 3.8) is 0 Å². The maximum absolute atomic E-state index is 11.7. The molecule has 0 aliphatic rings. The lowest BCUT2D eigenvalue weighted by atomic mass is 10.0. The summed E-state index contributed by atoms with van der Waals surface area (Å²) in [5, 5.41) is 8.65. The fourth-order valence-corrected chi connectivity index (χ4v) is 1.49. The standard InChI is InChI=1S/C11H10N2O4/c1-5-13-7-4-6(2-3-8(7)17-5)10(14)9(12)11(15)16/h2-4,9H,12H2,1H3,(H,15,16). The van der Waals surface area contributed by atoms with Gasteiger partial charge in [-0.3, -0.25) is 9.59 Å². The second-order valence-electron chi connectivity index (χ2n) is 3.60. The summed E-state index contributed by atoms with van der Waals surface area (Å²) in [5.74, 6) is -1.53. The van der Waals surface area contributed by atoms with Crippen LogP contribution in [0.4, 0.5) is 0 Å². The number of rotatable bonds is 3. The summed E-state index contributed by atoms with van der Waals surface area (Å²) in [4.78, 5) is 26.3. The molecule has 0 bridgehead atoms. The van der Waals surface area contributed by atoms with Gasteiger partial charge >= 0.3 is 5.97 Å². The molecule has 6 nitrogen and oxygen atoms in total. The van der Waals surface area contributed by atoms with Crippen LogP contribution in [0.25, 0.3) is 11.1 Å². The lowest BCUT2D eigenvalue weighted by Crippen LogP contribution is -2.38. The molecule has 88 valence electrons. The largest absolute Gasteiger partial charge is 0.480 e. The summed E-state index contributed by atoms with van der Waals surface area (Å²) in [7, 11) is 0. The fourth-order valence-electron chi connectivity index (χ4n) is 1.49. The topological polar surface area (TPSA) is 106 Å². The minimum absolute atomic E-state index is 0.209. The Kier molecular flexibility index (Phi) is 2.64. The number of Topliss-reactive ketones (excluding diaryl/α,β-unsaturated/α-hetero) is 1. The highest BCUT2D eigenvalue weighted by molar-refractivity contribution is 6.12. The molecule has 17 heavy (non-hydrogen) atoms. The van der Waals surface area contributed by atoms with E-state index in [2.05, 4.69) is 4.98 Å². The molecule has 1 aromatic carbocycles. The molecule has 1 aromatic heterocycles. The third-order valence-corrected chi connectivity index (χ3v) is 2.33. The van der Waals surface area contributed by atoms with Crippen LogP contribution < -0.4 is 5.73 Å². The van der Waals surface area contributed by atoms with Crippen molar-refractivity contribution in [1.29, 1.82) is 0 Å². The van der Waals surface area contributed by atoms with E-state index in [1.165, 1.54) is 12.1 Å². The summed E-state index contributed by atoms with van der Waals surface area (Å²) in [6, 6.07) is 2.95. The second-order valence-corrected chi connectivity index (χ2v) is 3.60. The lowest BCUT2D eigenvalue weighted by Gasteiger charge is -2.04. The van der Waals surface area contributed by atoms with Gasteiger partial charge in [-0.25, -0.2) is 4.98 Å². The minimum atomic E-state index is -1.56. The average Bonchev–Trinajstić information content (AvgIpc) is 2.65. The van der Waals surface area contributed by atoms with E-state index in [9.17, 15) is 9.59 Å². The Labute approximate surface area is 96.0 Å². The number of carboxylic acid groups (broad SMARTS) is 1. The number of oxazole rings is 1. The van der Waals surface area contributed by atoms with E-state index in [1.54, 1.807) is 13.0 Å². The van der Waals surface area contributed by atoms with E-state index in [4.69, 9.17) is 15.3 Å². The first-order valence-electron chi connectivity index (χ1n) is 4.89. The number of hydrogen-bond donors (Lipinski definition) is 2. The van der Waals surface area contributed by atoms with Gasteiger partial charge in [0.1, 0.15) is 5.52 Å². The van der Waals surface area contributed by atoms with Gasteiger partial charge in [-0.05, 0) is 18.2 Å². The van der Waals surface area contributed by atoms with Gasteiger partial charge in [-0.2, -0.15) is 0 Å². The molecule has 0 aliphatic carbocycles. The van der Waals surface area contributed by atoms with Gasteiger partial charge < -0.3 is 15.3 Å². The van der Waals surface area contributed by atoms with Gasteiger partial charge in [-0.1, -0.05) is 0 Å². The first-order valence-corrected chi connectivity index (χ1v) is 4.89. The number of carboxylic acids is 1. The Hall–Kier alpha value is -2.21. The van der Waals surface area contributed by atoms with E-state index in [0.717, 1.165) is 0 Å². The highest BCUT2D eigenvalue weighted by atomic mass is 16.4. The van der Waals surface area contributed by atoms with Crippen molar-refractivity contribution in [2.75, 3.05) is 0 Å². The molecule has 0 aliphatic heterocycles. The molecule has 1 unspecified atom stereocenters. The summed E-state index contributed by atoms with van der Waals surface area (Å²) >= 11 is 0. The van der Waals surface area contributed by atoms with Gasteiger partial charge in [-0.15, -0.1) is 0 Å². The molecule has 0 amide bonds. The van der Waals surface area contributed by atoms with Gasteiger partial charge in [0, 0.05) is 12.5 Å². The van der Waals surface area contributed by atoms with Crippen LogP contribution >= 0.6 is 0 Å². The number of carbonyl (C=O) groups is 2. The first kappa shape index (κ1) is 11.3. The number of aryl methyl sites for hydroxylation is 1. The number of aliphatic carboxylic acids is 1. The second kappa shape index (κ2) is 3.99. The maximum atomic E-state index is 11.7. The number of hydrogen-bond acceptors (Lipinski definition) is 5. The van der Waals surface area contributed by atoms with Crippen molar-refractivity contribution in [1.82, 2.24) is 4.98 Å². The van der Waals surface area contributed by atoms with Crippen molar-refractivity contribution in [3.8, 4) is 0 Å². The zero-order valence-electron chi connectivity index (χ0n) is 9.01. The summed E-state index contributed by atoms with van der Waals surface area (Å²) in [5.41, 5.74) is 6.51. The Balaban J connectivity index is 2.42. The van der Waals surface area contributed by atoms with E-state index in [1.807, 2.05) is 0 Å². The van der Waals surface area contributed by atoms with E-state index in [0.29, 0.717) is 17.0 Å². The molecule has 2 rings (SSSR count). The number of fused-ring (bicyclic) bond motifs is 1.